The number of carbonyl (C=O) groups excluding carboxylic acids is 5. The largest absolute Gasteiger partial charge is 0.375 e. The predicted octanol–water partition coefficient (Wildman–Crippen LogP) is 2.53. The van der Waals surface area contributed by atoms with Gasteiger partial charge in [0.25, 0.3) is 5.91 Å². The molecular formula is C47H75ClN10O7. The molecule has 0 aromatic rings. The molecule has 11 unspecified atom stereocenters. The number of hydrogen-bond acceptors (Lipinski definition) is 12. The van der Waals surface area contributed by atoms with Crippen LogP contribution < -0.4 is 37.7 Å². The molecule has 5 aliphatic heterocycles. The van der Waals surface area contributed by atoms with E-state index >= 15 is 0 Å². The van der Waals surface area contributed by atoms with E-state index in [9.17, 15) is 24.0 Å². The maximum absolute atomic E-state index is 14.0. The molecule has 0 bridgehead atoms. The zero-order chi connectivity index (χ0) is 45.2. The summed E-state index contributed by atoms with van der Waals surface area (Å²) in [5.74, 6) is 0.114. The molecule has 6 amide bonds. The molecule has 9 fully saturated rings. The van der Waals surface area contributed by atoms with E-state index in [1.165, 1.54) is 32.1 Å². The fraction of sp³-hybridized carbons (Fsp3) is 0.851. The molecule has 362 valence electrons. The van der Waals surface area contributed by atoms with E-state index in [0.29, 0.717) is 75.8 Å². The Labute approximate surface area is 389 Å². The van der Waals surface area contributed by atoms with Gasteiger partial charge in [-0.05, 0) is 114 Å². The van der Waals surface area contributed by atoms with Gasteiger partial charge in [-0.1, -0.05) is 25.8 Å². The lowest BCUT2D eigenvalue weighted by atomic mass is 9.75. The topological polar surface area (TPSA) is 212 Å². The summed E-state index contributed by atoms with van der Waals surface area (Å²) in [5.41, 5.74) is 11.2. The molecule has 5 heterocycles. The van der Waals surface area contributed by atoms with Crippen LogP contribution in [0.15, 0.2) is 12.2 Å². The van der Waals surface area contributed by atoms with Gasteiger partial charge in [0.15, 0.2) is 0 Å². The van der Waals surface area contributed by atoms with Gasteiger partial charge in [-0.2, -0.15) is 0 Å². The number of amides is 6. The maximum atomic E-state index is 14.0. The van der Waals surface area contributed by atoms with Crippen LogP contribution in [0.1, 0.15) is 122 Å². The second-order valence-corrected chi connectivity index (χ2v) is 21.5. The first kappa shape index (κ1) is 47.2. The van der Waals surface area contributed by atoms with Crippen molar-refractivity contribution in [2.45, 2.75) is 182 Å². The smallest absolute Gasteiger partial charge is 0.315 e. The number of likely N-dealkylation sites (tertiary alicyclic amines) is 2. The van der Waals surface area contributed by atoms with Gasteiger partial charge in [-0.25, -0.2) is 15.2 Å². The van der Waals surface area contributed by atoms with Crippen LogP contribution in [-0.2, 0) is 28.7 Å². The molecule has 0 aromatic carbocycles. The molecule has 0 radical (unpaired) electrons. The van der Waals surface area contributed by atoms with Crippen LogP contribution in [0.25, 0.3) is 0 Å². The number of hydrazine groups is 1. The summed E-state index contributed by atoms with van der Waals surface area (Å²) in [6.45, 7) is 7.06. The number of nitrogens with two attached hydrogens (primary N) is 1. The monoisotopic (exact) mass is 927 g/mol. The summed E-state index contributed by atoms with van der Waals surface area (Å²) in [4.78, 5) is 68.4. The molecule has 4 aliphatic carbocycles. The lowest BCUT2D eigenvalue weighted by Crippen LogP contribution is -2.66. The van der Waals surface area contributed by atoms with Crippen molar-refractivity contribution in [1.82, 2.24) is 46.8 Å². The number of piperidine rings is 2. The van der Waals surface area contributed by atoms with E-state index in [-0.39, 0.29) is 102 Å². The molecule has 4 saturated carbocycles. The number of rotatable bonds is 12. The number of nitrogens with zero attached hydrogens (tertiary/aromatic N) is 3. The van der Waals surface area contributed by atoms with Crippen LogP contribution in [0.4, 0.5) is 4.79 Å². The van der Waals surface area contributed by atoms with Crippen molar-refractivity contribution in [1.29, 1.82) is 0 Å². The fourth-order valence-corrected chi connectivity index (χ4v) is 13.7. The Morgan fingerprint density at radius 3 is 2.46 bits per heavy atom. The van der Waals surface area contributed by atoms with E-state index < -0.39 is 12.1 Å². The van der Waals surface area contributed by atoms with Crippen LogP contribution >= 0.6 is 11.6 Å². The number of fused-ring (bicyclic) bond motifs is 2. The summed E-state index contributed by atoms with van der Waals surface area (Å²) in [6, 6.07) is -0.858. The van der Waals surface area contributed by atoms with Crippen LogP contribution in [0.5, 0.6) is 0 Å². The molecule has 12 atom stereocenters. The molecule has 0 aromatic heterocycles. The van der Waals surface area contributed by atoms with Crippen molar-refractivity contribution in [3.05, 3.63) is 12.2 Å². The molecule has 9 aliphatic rings. The first-order chi connectivity index (χ1) is 31.5. The predicted molar refractivity (Wildman–Crippen MR) is 243 cm³/mol. The highest BCUT2D eigenvalue weighted by molar-refractivity contribution is 6.21. The van der Waals surface area contributed by atoms with E-state index in [1.807, 2.05) is 4.90 Å². The number of hydrogen-bond donors (Lipinski definition) is 7. The van der Waals surface area contributed by atoms with Gasteiger partial charge in [-0.3, -0.25) is 35.1 Å². The van der Waals surface area contributed by atoms with E-state index in [4.69, 9.17) is 26.8 Å². The van der Waals surface area contributed by atoms with E-state index in [1.54, 1.807) is 4.90 Å². The summed E-state index contributed by atoms with van der Waals surface area (Å²) in [5, 5.41) is 17.8. The molecule has 17 nitrogen and oxygen atoms in total. The Morgan fingerprint density at radius 1 is 0.862 bits per heavy atom. The second kappa shape index (κ2) is 21.2. The molecular weight excluding hydrogens is 852 g/mol. The van der Waals surface area contributed by atoms with Crippen molar-refractivity contribution in [2.24, 2.45) is 35.3 Å². The van der Waals surface area contributed by atoms with Gasteiger partial charge >= 0.3 is 6.03 Å². The number of urea groups is 1. The Morgan fingerprint density at radius 2 is 1.66 bits per heavy atom. The van der Waals surface area contributed by atoms with Crippen LogP contribution in [0.3, 0.4) is 0 Å². The number of nitrogens with one attached hydrogen (secondary N) is 6. The normalized spacial score (nSPS) is 39.6. The van der Waals surface area contributed by atoms with Crippen LogP contribution in [-0.4, -0.2) is 144 Å². The average molecular weight is 928 g/mol. The summed E-state index contributed by atoms with van der Waals surface area (Å²) in [7, 11) is 0. The highest BCUT2D eigenvalue weighted by Crippen LogP contribution is 2.42. The minimum atomic E-state index is -0.588. The van der Waals surface area contributed by atoms with Gasteiger partial charge in [0.1, 0.15) is 6.04 Å². The highest BCUT2D eigenvalue weighted by Gasteiger charge is 2.52. The van der Waals surface area contributed by atoms with Crippen molar-refractivity contribution >= 4 is 41.3 Å². The van der Waals surface area contributed by atoms with E-state index in [2.05, 4.69) is 43.6 Å². The standard InChI is InChI=1S/C47H75ClN10O7/c1-27(25-64-41-35(48)10-5-11-36(41)53-47(63)50-22-28-12-17-34-30(21-28)23-57(46(34)62)37-18-19-38(59)54-44(37)60)45(61)56-20-6-7-31(24-56)58-43-39(42(49)51-26-52-43)40(55-58)29-13-15-33(16-14-29)65-32-8-3-2-4-9-32/h28-37,39-43,51-52,55H,1-26,49H2,(H2,50,53,63)(H,54,59,60)/t28?,29?,30?,31-,33?,34?,35?,36?,37?,39?,40?,41?,42?,43?/m1/s1. The van der Waals surface area contributed by atoms with Gasteiger partial charge in [0.2, 0.25) is 17.7 Å². The maximum Gasteiger partial charge on any atom is 0.315 e. The zero-order valence-electron chi connectivity index (χ0n) is 38.2. The summed E-state index contributed by atoms with van der Waals surface area (Å²) in [6.07, 6.45) is 18.1. The number of ether oxygens (including phenoxy) is 2. The van der Waals surface area contributed by atoms with E-state index in [0.717, 1.165) is 64.2 Å². The number of carbonyl (C=O) groups is 5. The fourth-order valence-electron chi connectivity index (χ4n) is 13.3. The SMILES string of the molecule is C=C(COC1C(Cl)CCCC1NC(=O)NCC1CCC2C(=O)N(C3CCC(=O)NC3=O)CC2C1)C(=O)N1CCC[C@@H](N2NC(C3CCC(OC4CCCCC4)CC3)C3C(N)NCNC32)C1. The molecule has 65 heavy (non-hydrogen) atoms. The molecule has 9 rings (SSSR count). The lowest BCUT2D eigenvalue weighted by Gasteiger charge is -2.43. The van der Waals surface area contributed by atoms with Crippen LogP contribution in [0, 0.1) is 29.6 Å². The minimum absolute atomic E-state index is 0.00617. The second-order valence-electron chi connectivity index (χ2n) is 21.0. The Balaban J connectivity index is 0.732. The quantitative estimate of drug-likeness (QED) is 0.0856. The third-order valence-corrected chi connectivity index (χ3v) is 17.2. The number of imide groups is 1. The molecule has 5 saturated heterocycles. The summed E-state index contributed by atoms with van der Waals surface area (Å²) < 4.78 is 13.0. The Kier molecular flexibility index (Phi) is 15.4. The first-order valence-corrected chi connectivity index (χ1v) is 25.8. The van der Waals surface area contributed by atoms with Crippen molar-refractivity contribution in [3.63, 3.8) is 0 Å². The molecule has 18 heteroatoms. The minimum Gasteiger partial charge on any atom is -0.375 e. The van der Waals surface area contributed by atoms with Crippen molar-refractivity contribution in [2.75, 3.05) is 39.5 Å². The lowest BCUT2D eigenvalue weighted by molar-refractivity contribution is -0.144. The average Bonchev–Trinajstić information content (AvgIpc) is 3.86. The van der Waals surface area contributed by atoms with Crippen molar-refractivity contribution < 1.29 is 33.4 Å². The highest BCUT2D eigenvalue weighted by atomic mass is 35.5. The van der Waals surface area contributed by atoms with Crippen LogP contribution in [0.2, 0.25) is 0 Å². The zero-order valence-corrected chi connectivity index (χ0v) is 39.0. The Hall–Kier alpha value is -2.90. The van der Waals surface area contributed by atoms with Gasteiger partial charge in [0, 0.05) is 68.8 Å². The van der Waals surface area contributed by atoms with Crippen molar-refractivity contribution in [3.8, 4) is 0 Å². The van der Waals surface area contributed by atoms with Gasteiger partial charge in [-0.15, -0.1) is 11.6 Å². The summed E-state index contributed by atoms with van der Waals surface area (Å²) >= 11 is 6.86. The molecule has 8 N–H and O–H groups in total. The third-order valence-electron chi connectivity index (χ3n) is 16.8. The molecule has 0 spiro atoms. The van der Waals surface area contributed by atoms with Gasteiger partial charge in [0.05, 0.1) is 48.7 Å². The number of alkyl halides is 1. The van der Waals surface area contributed by atoms with Gasteiger partial charge < -0.3 is 35.6 Å². The Bertz CT molecular complexity index is 1750. The first-order valence-electron chi connectivity index (χ1n) is 25.3. The third kappa shape index (κ3) is 10.7. The number of halogens is 1.